The summed E-state index contributed by atoms with van der Waals surface area (Å²) in [6.07, 6.45) is 5.40. The zero-order valence-corrected chi connectivity index (χ0v) is 16.5. The highest BCUT2D eigenvalue weighted by Gasteiger charge is 2.47. The van der Waals surface area contributed by atoms with Crippen molar-refractivity contribution in [2.75, 3.05) is 25.0 Å². The maximum Gasteiger partial charge on any atom is 0.222 e. The Morgan fingerprint density at radius 3 is 2.46 bits per heavy atom. The van der Waals surface area contributed by atoms with Crippen molar-refractivity contribution in [1.29, 1.82) is 0 Å². The minimum atomic E-state index is -0.535. The molecule has 1 amide bonds. The molecular formula is C23H29N3O2. The van der Waals surface area contributed by atoms with Gasteiger partial charge in [-0.2, -0.15) is 0 Å². The van der Waals surface area contributed by atoms with Crippen molar-refractivity contribution in [2.24, 2.45) is 11.8 Å². The lowest BCUT2D eigenvalue weighted by atomic mass is 9.91. The summed E-state index contributed by atoms with van der Waals surface area (Å²) >= 11 is 0. The van der Waals surface area contributed by atoms with E-state index in [9.17, 15) is 9.90 Å². The molecule has 28 heavy (non-hydrogen) atoms. The van der Waals surface area contributed by atoms with Gasteiger partial charge in [-0.3, -0.25) is 4.79 Å². The van der Waals surface area contributed by atoms with Crippen LogP contribution in [-0.4, -0.2) is 46.1 Å². The molecule has 0 bridgehead atoms. The van der Waals surface area contributed by atoms with E-state index in [1.807, 2.05) is 36.5 Å². The first-order chi connectivity index (χ1) is 13.5. The van der Waals surface area contributed by atoms with E-state index in [-0.39, 0.29) is 5.91 Å². The van der Waals surface area contributed by atoms with Crippen molar-refractivity contribution in [2.45, 2.75) is 38.2 Å². The molecule has 1 unspecified atom stereocenters. The van der Waals surface area contributed by atoms with E-state index in [2.05, 4.69) is 27.3 Å². The molecule has 0 spiro atoms. The fourth-order valence-corrected chi connectivity index (χ4v) is 4.97. The van der Waals surface area contributed by atoms with Gasteiger partial charge in [0.1, 0.15) is 5.82 Å². The second-order valence-corrected chi connectivity index (χ2v) is 8.56. The molecule has 3 atom stereocenters. The average molecular weight is 380 g/mol. The van der Waals surface area contributed by atoms with Gasteiger partial charge in [-0.25, -0.2) is 4.98 Å². The number of carbonyl (C=O) groups excluding carboxylic acids is 1. The number of fused-ring (bicyclic) bond motifs is 1. The van der Waals surface area contributed by atoms with E-state index in [0.29, 0.717) is 17.7 Å². The molecular weight excluding hydrogens is 350 g/mol. The molecule has 2 N–H and O–H groups in total. The molecule has 1 aliphatic carbocycles. The average Bonchev–Trinajstić information content (AvgIpc) is 3.15. The van der Waals surface area contributed by atoms with Gasteiger partial charge < -0.3 is 15.3 Å². The van der Waals surface area contributed by atoms with Crippen LogP contribution in [-0.2, 0) is 17.6 Å². The van der Waals surface area contributed by atoms with Crippen LogP contribution >= 0.6 is 0 Å². The smallest absolute Gasteiger partial charge is 0.222 e. The van der Waals surface area contributed by atoms with E-state index in [0.717, 1.165) is 45.3 Å². The van der Waals surface area contributed by atoms with E-state index < -0.39 is 5.60 Å². The number of aromatic nitrogens is 1. The molecule has 1 saturated heterocycles. The first kappa shape index (κ1) is 19.1. The summed E-state index contributed by atoms with van der Waals surface area (Å²) in [5, 5.41) is 13.8. The summed E-state index contributed by atoms with van der Waals surface area (Å²) in [6.45, 7) is 4.67. The predicted octanol–water partition coefficient (Wildman–Crippen LogP) is 2.90. The van der Waals surface area contributed by atoms with Crippen LogP contribution < -0.4 is 5.32 Å². The second-order valence-electron chi connectivity index (χ2n) is 8.56. The standard InChI is InChI=1S/C23H29N3O2/c1-17(27)25-22-8-7-19(14-24-22)9-10-26-15-20-12-23(28,13-21(20)16-26)11-18-5-3-2-4-6-18/h2-8,14,20-21,28H,9-13,15-16H2,1H3,(H,24,25,27)/t20-,21+,23?. The van der Waals surface area contributed by atoms with Crippen LogP contribution in [0.15, 0.2) is 48.7 Å². The van der Waals surface area contributed by atoms with Gasteiger partial charge in [0.05, 0.1) is 5.60 Å². The molecule has 2 heterocycles. The summed E-state index contributed by atoms with van der Waals surface area (Å²) in [7, 11) is 0. The number of anilines is 1. The lowest BCUT2D eigenvalue weighted by Crippen LogP contribution is -2.32. The molecule has 5 nitrogen and oxygen atoms in total. The number of benzene rings is 1. The first-order valence-corrected chi connectivity index (χ1v) is 10.2. The molecule has 0 radical (unpaired) electrons. The Labute approximate surface area is 166 Å². The number of pyridine rings is 1. The van der Waals surface area contributed by atoms with E-state index >= 15 is 0 Å². The fourth-order valence-electron chi connectivity index (χ4n) is 4.97. The SMILES string of the molecule is CC(=O)Nc1ccc(CCN2C[C@@H]3CC(O)(Cc4ccccc4)C[C@@H]3C2)cn1. The monoisotopic (exact) mass is 379 g/mol. The molecule has 2 aromatic rings. The van der Waals surface area contributed by atoms with Gasteiger partial charge >= 0.3 is 0 Å². The second kappa shape index (κ2) is 8.02. The van der Waals surface area contributed by atoms with Crippen LogP contribution in [0.25, 0.3) is 0 Å². The van der Waals surface area contributed by atoms with Gasteiger partial charge in [-0.05, 0) is 48.3 Å². The Kier molecular flexibility index (Phi) is 5.47. The van der Waals surface area contributed by atoms with Crippen LogP contribution in [0.1, 0.15) is 30.9 Å². The minimum absolute atomic E-state index is 0.101. The van der Waals surface area contributed by atoms with E-state index in [1.54, 1.807) is 0 Å². The number of hydrogen-bond acceptors (Lipinski definition) is 4. The highest BCUT2D eigenvalue weighted by Crippen LogP contribution is 2.45. The Morgan fingerprint density at radius 1 is 1.14 bits per heavy atom. The number of amides is 1. The number of hydrogen-bond donors (Lipinski definition) is 2. The van der Waals surface area contributed by atoms with Crippen molar-refractivity contribution in [3.8, 4) is 0 Å². The normalized spacial score (nSPS) is 26.9. The van der Waals surface area contributed by atoms with Crippen LogP contribution in [0.5, 0.6) is 0 Å². The number of rotatable bonds is 6. The summed E-state index contributed by atoms with van der Waals surface area (Å²) in [6, 6.07) is 14.2. The number of carbonyl (C=O) groups is 1. The van der Waals surface area contributed by atoms with Crippen LogP contribution in [0.2, 0.25) is 0 Å². The molecule has 5 heteroatoms. The quantitative estimate of drug-likeness (QED) is 0.810. The Balaban J connectivity index is 1.25. The molecule has 148 valence electrons. The Hall–Kier alpha value is -2.24. The summed E-state index contributed by atoms with van der Waals surface area (Å²) in [5.74, 6) is 1.71. The molecule has 1 aliphatic heterocycles. The number of nitrogens with zero attached hydrogens (tertiary/aromatic N) is 2. The van der Waals surface area contributed by atoms with Gasteiger partial charge in [-0.15, -0.1) is 0 Å². The summed E-state index contributed by atoms with van der Waals surface area (Å²) in [5.41, 5.74) is 1.88. The lowest BCUT2D eigenvalue weighted by molar-refractivity contribution is -0.114. The number of nitrogens with one attached hydrogen (secondary N) is 1. The maximum absolute atomic E-state index is 11.1. The molecule has 4 rings (SSSR count). The highest BCUT2D eigenvalue weighted by molar-refractivity contribution is 5.87. The maximum atomic E-state index is 11.1. The van der Waals surface area contributed by atoms with Crippen LogP contribution in [0.4, 0.5) is 5.82 Å². The third-order valence-electron chi connectivity index (χ3n) is 6.16. The van der Waals surface area contributed by atoms with Crippen molar-refractivity contribution < 1.29 is 9.90 Å². The largest absolute Gasteiger partial charge is 0.390 e. The first-order valence-electron chi connectivity index (χ1n) is 10.2. The lowest BCUT2D eigenvalue weighted by Gasteiger charge is -2.26. The molecule has 1 aromatic carbocycles. The van der Waals surface area contributed by atoms with Crippen molar-refractivity contribution in [3.63, 3.8) is 0 Å². The van der Waals surface area contributed by atoms with Crippen LogP contribution in [0, 0.1) is 11.8 Å². The number of aliphatic hydroxyl groups is 1. The third kappa shape index (κ3) is 4.59. The van der Waals surface area contributed by atoms with Gasteiger partial charge in [0.25, 0.3) is 0 Å². The van der Waals surface area contributed by atoms with Gasteiger partial charge in [-0.1, -0.05) is 36.4 Å². The predicted molar refractivity (Wildman–Crippen MR) is 110 cm³/mol. The van der Waals surface area contributed by atoms with E-state index in [1.165, 1.54) is 18.1 Å². The van der Waals surface area contributed by atoms with Crippen molar-refractivity contribution >= 4 is 11.7 Å². The van der Waals surface area contributed by atoms with Crippen LogP contribution in [0.3, 0.4) is 0 Å². The highest BCUT2D eigenvalue weighted by atomic mass is 16.3. The van der Waals surface area contributed by atoms with Gasteiger partial charge in [0.2, 0.25) is 5.91 Å². The summed E-state index contributed by atoms with van der Waals surface area (Å²) < 4.78 is 0. The Bertz CT molecular complexity index is 792. The fraction of sp³-hybridized carbons (Fsp3) is 0.478. The van der Waals surface area contributed by atoms with Gasteiger partial charge in [0, 0.05) is 39.2 Å². The molecule has 1 aromatic heterocycles. The number of likely N-dealkylation sites (tertiary alicyclic amines) is 1. The zero-order valence-electron chi connectivity index (χ0n) is 16.5. The molecule has 1 saturated carbocycles. The third-order valence-corrected chi connectivity index (χ3v) is 6.16. The van der Waals surface area contributed by atoms with Crippen molar-refractivity contribution in [3.05, 3.63) is 59.8 Å². The van der Waals surface area contributed by atoms with E-state index in [4.69, 9.17) is 0 Å². The Morgan fingerprint density at radius 2 is 1.86 bits per heavy atom. The molecule has 2 aliphatic rings. The molecule has 2 fully saturated rings. The minimum Gasteiger partial charge on any atom is -0.390 e. The summed E-state index contributed by atoms with van der Waals surface area (Å²) in [4.78, 5) is 17.9. The van der Waals surface area contributed by atoms with Crippen molar-refractivity contribution in [1.82, 2.24) is 9.88 Å². The zero-order chi connectivity index (χ0) is 19.6. The van der Waals surface area contributed by atoms with Gasteiger partial charge in [0.15, 0.2) is 0 Å². The topological polar surface area (TPSA) is 65.5 Å².